The first kappa shape index (κ1) is 12.8. The van der Waals surface area contributed by atoms with Crippen LogP contribution >= 0.6 is 0 Å². The molecule has 0 aliphatic carbocycles. The number of hydrogen-bond donors (Lipinski definition) is 1. The standard InChI is InChI=1S/C12H15FN2O3/c13-11-7-9(15(17)18)4-5-12(11)14-6-2-1-3-10(14)8-16/h4-5,7,10,16H,1-3,6,8H2/t10-/m1/s1. The molecular weight excluding hydrogens is 239 g/mol. The second-order valence-electron chi connectivity index (χ2n) is 4.42. The highest BCUT2D eigenvalue weighted by atomic mass is 19.1. The number of aliphatic hydroxyl groups is 1. The van der Waals surface area contributed by atoms with E-state index in [9.17, 15) is 19.6 Å². The Morgan fingerprint density at radius 1 is 1.50 bits per heavy atom. The lowest BCUT2D eigenvalue weighted by Crippen LogP contribution is -2.42. The maximum absolute atomic E-state index is 13.9. The van der Waals surface area contributed by atoms with E-state index >= 15 is 0 Å². The molecule has 1 heterocycles. The van der Waals surface area contributed by atoms with Crippen LogP contribution in [0.2, 0.25) is 0 Å². The molecule has 98 valence electrons. The Morgan fingerprint density at radius 2 is 2.28 bits per heavy atom. The predicted octanol–water partition coefficient (Wildman–Crippen LogP) is 2.09. The van der Waals surface area contributed by atoms with Gasteiger partial charge in [0, 0.05) is 12.6 Å². The summed E-state index contributed by atoms with van der Waals surface area (Å²) in [6.07, 6.45) is 2.76. The number of aliphatic hydroxyl groups excluding tert-OH is 1. The lowest BCUT2D eigenvalue weighted by atomic mass is 10.0. The molecular formula is C12H15FN2O3. The van der Waals surface area contributed by atoms with Crippen molar-refractivity contribution in [1.82, 2.24) is 0 Å². The van der Waals surface area contributed by atoms with E-state index in [4.69, 9.17) is 0 Å². The smallest absolute Gasteiger partial charge is 0.272 e. The fourth-order valence-corrected chi connectivity index (χ4v) is 2.35. The molecule has 1 atom stereocenters. The van der Waals surface area contributed by atoms with Gasteiger partial charge in [0.2, 0.25) is 0 Å². The highest BCUT2D eigenvalue weighted by Crippen LogP contribution is 2.29. The maximum atomic E-state index is 13.9. The van der Waals surface area contributed by atoms with Crippen molar-refractivity contribution in [2.45, 2.75) is 25.3 Å². The molecule has 0 saturated carbocycles. The van der Waals surface area contributed by atoms with Crippen LogP contribution in [0.15, 0.2) is 18.2 Å². The number of hydrogen-bond acceptors (Lipinski definition) is 4. The summed E-state index contributed by atoms with van der Waals surface area (Å²) in [4.78, 5) is 11.7. The van der Waals surface area contributed by atoms with Gasteiger partial charge < -0.3 is 10.0 Å². The van der Waals surface area contributed by atoms with E-state index in [1.807, 2.05) is 0 Å². The summed E-state index contributed by atoms with van der Waals surface area (Å²) in [5.41, 5.74) is 0.0770. The maximum Gasteiger partial charge on any atom is 0.272 e. The Balaban J connectivity index is 2.29. The van der Waals surface area contributed by atoms with Gasteiger partial charge in [0.05, 0.1) is 29.3 Å². The first-order chi connectivity index (χ1) is 8.63. The molecule has 1 aliphatic rings. The Bertz CT molecular complexity index is 453. The van der Waals surface area contributed by atoms with Gasteiger partial charge in [0.1, 0.15) is 0 Å². The topological polar surface area (TPSA) is 66.6 Å². The monoisotopic (exact) mass is 254 g/mol. The average Bonchev–Trinajstić information content (AvgIpc) is 2.38. The van der Waals surface area contributed by atoms with E-state index in [1.54, 1.807) is 4.90 Å². The Morgan fingerprint density at radius 3 is 2.89 bits per heavy atom. The zero-order chi connectivity index (χ0) is 13.1. The van der Waals surface area contributed by atoms with Gasteiger partial charge >= 0.3 is 0 Å². The third-order valence-electron chi connectivity index (χ3n) is 3.29. The first-order valence-electron chi connectivity index (χ1n) is 5.95. The number of piperidine rings is 1. The van der Waals surface area contributed by atoms with Crippen LogP contribution in [0.25, 0.3) is 0 Å². The average molecular weight is 254 g/mol. The Hall–Kier alpha value is -1.69. The predicted molar refractivity (Wildman–Crippen MR) is 65.1 cm³/mol. The molecule has 0 amide bonds. The molecule has 0 aromatic heterocycles. The van der Waals surface area contributed by atoms with Crippen LogP contribution < -0.4 is 4.90 Å². The van der Waals surface area contributed by atoms with E-state index < -0.39 is 10.7 Å². The van der Waals surface area contributed by atoms with Crippen LogP contribution in [0.3, 0.4) is 0 Å². The summed E-state index contributed by atoms with van der Waals surface area (Å²) < 4.78 is 13.9. The SMILES string of the molecule is O=[N+]([O-])c1ccc(N2CCCC[C@@H]2CO)c(F)c1. The third kappa shape index (κ3) is 2.43. The van der Waals surface area contributed by atoms with Crippen molar-refractivity contribution < 1.29 is 14.4 Å². The van der Waals surface area contributed by atoms with Crippen molar-refractivity contribution in [2.24, 2.45) is 0 Å². The molecule has 1 fully saturated rings. The molecule has 1 aliphatic heterocycles. The molecule has 6 heteroatoms. The molecule has 1 aromatic rings. The molecule has 1 aromatic carbocycles. The molecule has 1 saturated heterocycles. The minimum atomic E-state index is -0.618. The number of nitrogens with zero attached hydrogens (tertiary/aromatic N) is 2. The van der Waals surface area contributed by atoms with Gasteiger partial charge in [-0.15, -0.1) is 0 Å². The van der Waals surface area contributed by atoms with Crippen LogP contribution in [0.5, 0.6) is 0 Å². The van der Waals surface area contributed by atoms with Crippen molar-refractivity contribution >= 4 is 11.4 Å². The highest BCUT2D eigenvalue weighted by Gasteiger charge is 2.25. The molecule has 2 rings (SSSR count). The van der Waals surface area contributed by atoms with Crippen LogP contribution in [0.4, 0.5) is 15.8 Å². The lowest BCUT2D eigenvalue weighted by molar-refractivity contribution is -0.385. The molecule has 0 spiro atoms. The van der Waals surface area contributed by atoms with Gasteiger partial charge in [0.25, 0.3) is 5.69 Å². The normalized spacial score (nSPS) is 19.9. The number of benzene rings is 1. The van der Waals surface area contributed by atoms with Crippen molar-refractivity contribution in [2.75, 3.05) is 18.1 Å². The number of rotatable bonds is 3. The minimum Gasteiger partial charge on any atom is -0.394 e. The van der Waals surface area contributed by atoms with Crippen LogP contribution in [-0.4, -0.2) is 29.2 Å². The molecule has 18 heavy (non-hydrogen) atoms. The van der Waals surface area contributed by atoms with E-state index in [-0.39, 0.29) is 18.3 Å². The zero-order valence-electron chi connectivity index (χ0n) is 9.88. The van der Waals surface area contributed by atoms with Gasteiger partial charge in [0.15, 0.2) is 5.82 Å². The van der Waals surface area contributed by atoms with E-state index in [1.165, 1.54) is 12.1 Å². The number of anilines is 1. The summed E-state index contributed by atoms with van der Waals surface area (Å²) in [6, 6.07) is 3.54. The van der Waals surface area contributed by atoms with Gasteiger partial charge in [-0.2, -0.15) is 0 Å². The largest absolute Gasteiger partial charge is 0.394 e. The molecule has 0 bridgehead atoms. The number of halogens is 1. The van der Waals surface area contributed by atoms with Crippen molar-refractivity contribution in [1.29, 1.82) is 0 Å². The van der Waals surface area contributed by atoms with Crippen LogP contribution in [0.1, 0.15) is 19.3 Å². The van der Waals surface area contributed by atoms with Gasteiger partial charge in [-0.25, -0.2) is 4.39 Å². The number of nitro groups is 1. The second kappa shape index (κ2) is 5.30. The molecule has 0 radical (unpaired) electrons. The van der Waals surface area contributed by atoms with Crippen molar-refractivity contribution in [3.63, 3.8) is 0 Å². The van der Waals surface area contributed by atoms with E-state index in [0.717, 1.165) is 25.3 Å². The van der Waals surface area contributed by atoms with E-state index in [2.05, 4.69) is 0 Å². The van der Waals surface area contributed by atoms with Gasteiger partial charge in [-0.3, -0.25) is 10.1 Å². The molecule has 1 N–H and O–H groups in total. The quantitative estimate of drug-likeness (QED) is 0.662. The van der Waals surface area contributed by atoms with Gasteiger partial charge in [-0.1, -0.05) is 0 Å². The summed E-state index contributed by atoms with van der Waals surface area (Å²) >= 11 is 0. The van der Waals surface area contributed by atoms with Crippen LogP contribution in [0, 0.1) is 15.9 Å². The number of non-ortho nitro benzene ring substituents is 1. The van der Waals surface area contributed by atoms with Crippen molar-refractivity contribution in [3.05, 3.63) is 34.1 Å². The van der Waals surface area contributed by atoms with Crippen LogP contribution in [-0.2, 0) is 0 Å². The van der Waals surface area contributed by atoms with E-state index in [0.29, 0.717) is 12.2 Å². The van der Waals surface area contributed by atoms with Gasteiger partial charge in [-0.05, 0) is 25.3 Å². The fraction of sp³-hybridized carbons (Fsp3) is 0.500. The molecule has 0 unspecified atom stereocenters. The second-order valence-corrected chi connectivity index (χ2v) is 4.42. The fourth-order valence-electron chi connectivity index (χ4n) is 2.35. The Labute approximate surface area is 104 Å². The summed E-state index contributed by atoms with van der Waals surface area (Å²) in [6.45, 7) is 0.635. The number of nitro benzene ring substituents is 1. The summed E-state index contributed by atoms with van der Waals surface area (Å²) in [5, 5.41) is 19.8. The highest BCUT2D eigenvalue weighted by molar-refractivity contribution is 5.53. The summed E-state index contributed by atoms with van der Waals surface area (Å²) in [7, 11) is 0. The Kier molecular flexibility index (Phi) is 3.76. The lowest BCUT2D eigenvalue weighted by Gasteiger charge is -2.36. The minimum absolute atomic E-state index is 0.0313. The third-order valence-corrected chi connectivity index (χ3v) is 3.29. The first-order valence-corrected chi connectivity index (χ1v) is 5.95. The zero-order valence-corrected chi connectivity index (χ0v) is 9.88. The van der Waals surface area contributed by atoms with Crippen molar-refractivity contribution in [3.8, 4) is 0 Å². The summed E-state index contributed by atoms with van der Waals surface area (Å²) in [5.74, 6) is -0.607. The molecule has 5 nitrogen and oxygen atoms in total.